The van der Waals surface area contributed by atoms with Gasteiger partial charge in [0.15, 0.2) is 11.6 Å². The molecule has 1 aliphatic rings. The number of carbonyl (C=O) groups is 2. The number of phenols is 1. The summed E-state index contributed by atoms with van der Waals surface area (Å²) >= 11 is 0. The van der Waals surface area contributed by atoms with Crippen LogP contribution in [0.25, 0.3) is 0 Å². The molecule has 0 saturated carbocycles. The minimum Gasteiger partial charge on any atom is -0.508 e. The molecule has 0 unspecified atom stereocenters. The lowest BCUT2D eigenvalue weighted by Crippen LogP contribution is -2.55. The van der Waals surface area contributed by atoms with Crippen LogP contribution in [0.15, 0.2) is 72.8 Å². The van der Waals surface area contributed by atoms with Gasteiger partial charge in [-0.3, -0.25) is 14.5 Å². The molecule has 0 aromatic heterocycles. The van der Waals surface area contributed by atoms with Crippen molar-refractivity contribution in [1.29, 1.82) is 0 Å². The molecule has 1 saturated heterocycles. The molecular weight excluding hydrogens is 522 g/mol. The Kier molecular flexibility index (Phi) is 10.5. The number of rotatable bonds is 13. The Hall–Kier alpha value is -3.72. The second-order valence-corrected chi connectivity index (χ2v) is 10.3. The zero-order chi connectivity index (χ0) is 29.4. The van der Waals surface area contributed by atoms with E-state index in [1.54, 1.807) is 72.8 Å². The average Bonchev–Trinajstić information content (AvgIpc) is 3.02. The van der Waals surface area contributed by atoms with E-state index in [0.29, 0.717) is 54.1 Å². The molecule has 0 amide bonds. The number of ether oxygens (including phenoxy) is 3. The van der Waals surface area contributed by atoms with Gasteiger partial charge < -0.3 is 24.4 Å². The van der Waals surface area contributed by atoms with Crippen LogP contribution < -0.4 is 9.47 Å². The monoisotopic (exact) mass is 561 g/mol. The highest BCUT2D eigenvalue weighted by Crippen LogP contribution is 2.26. The molecule has 2 N–H and O–H groups in total. The highest BCUT2D eigenvalue weighted by atomic mass is 16.6. The lowest BCUT2D eigenvalue weighted by molar-refractivity contribution is -0.128. The summed E-state index contributed by atoms with van der Waals surface area (Å²) in [7, 11) is 0. The number of carbonyl (C=O) groups excluding carboxylic acids is 2. The summed E-state index contributed by atoms with van der Waals surface area (Å²) in [4.78, 5) is 26.0. The first-order valence-corrected chi connectivity index (χ1v) is 14.2. The van der Waals surface area contributed by atoms with Gasteiger partial charge in [0.1, 0.15) is 42.7 Å². The number of hydrogen-bond acceptors (Lipinski definition) is 8. The van der Waals surface area contributed by atoms with Gasteiger partial charge >= 0.3 is 0 Å². The lowest BCUT2D eigenvalue weighted by Gasteiger charge is -2.42. The van der Waals surface area contributed by atoms with Crippen molar-refractivity contribution in [1.82, 2.24) is 4.90 Å². The standard InChI is InChI=1S/C33H39NO7/c1-4-31(36)23-8-14-27(15-9-23)39-20-29-18-34(22(3)33(38)25-6-12-26(35)13-7-25)19-30(41-29)21-40-28-16-10-24(11-17-28)32(37)5-2/h6-17,22,29-30,33,35,38H,4-5,18-21H2,1-3H3/t22-,29+,30+,33+/m1/s1. The van der Waals surface area contributed by atoms with Gasteiger partial charge in [0.05, 0.1) is 6.10 Å². The van der Waals surface area contributed by atoms with Crippen molar-refractivity contribution in [2.75, 3.05) is 26.3 Å². The van der Waals surface area contributed by atoms with Gasteiger partial charge in [-0.05, 0) is 73.2 Å². The molecule has 8 heteroatoms. The first-order chi connectivity index (χ1) is 19.8. The number of ketones is 2. The molecule has 0 bridgehead atoms. The second-order valence-electron chi connectivity index (χ2n) is 10.3. The zero-order valence-electron chi connectivity index (χ0n) is 23.9. The highest BCUT2D eigenvalue weighted by molar-refractivity contribution is 5.96. The predicted molar refractivity (Wildman–Crippen MR) is 156 cm³/mol. The number of phenolic OH excluding ortho intramolecular Hbond substituents is 1. The number of aliphatic hydroxyl groups excluding tert-OH is 1. The predicted octanol–water partition coefficient (Wildman–Crippen LogP) is 5.23. The second kappa shape index (κ2) is 14.3. The maximum atomic E-state index is 11.9. The van der Waals surface area contributed by atoms with Crippen molar-refractivity contribution in [3.63, 3.8) is 0 Å². The minimum absolute atomic E-state index is 0.0819. The van der Waals surface area contributed by atoms with Gasteiger partial charge in [-0.15, -0.1) is 0 Å². The fraction of sp³-hybridized carbons (Fsp3) is 0.394. The van der Waals surface area contributed by atoms with E-state index in [4.69, 9.17) is 14.2 Å². The van der Waals surface area contributed by atoms with E-state index in [-0.39, 0.29) is 48.8 Å². The van der Waals surface area contributed by atoms with E-state index in [2.05, 4.69) is 4.90 Å². The fourth-order valence-corrected chi connectivity index (χ4v) is 4.88. The molecule has 0 radical (unpaired) electrons. The molecule has 4 atom stereocenters. The van der Waals surface area contributed by atoms with E-state index in [9.17, 15) is 19.8 Å². The largest absolute Gasteiger partial charge is 0.508 e. The summed E-state index contributed by atoms with van der Waals surface area (Å²) in [6.07, 6.45) is -0.472. The van der Waals surface area contributed by atoms with Gasteiger partial charge in [0.2, 0.25) is 0 Å². The van der Waals surface area contributed by atoms with Crippen LogP contribution >= 0.6 is 0 Å². The number of morpholine rings is 1. The quantitative estimate of drug-likeness (QED) is 0.274. The Morgan fingerprint density at radius 1 is 0.805 bits per heavy atom. The van der Waals surface area contributed by atoms with E-state index in [1.165, 1.54) is 0 Å². The molecule has 1 aliphatic heterocycles. The Balaban J connectivity index is 1.43. The van der Waals surface area contributed by atoms with Gasteiger partial charge in [-0.2, -0.15) is 0 Å². The van der Waals surface area contributed by atoms with E-state index < -0.39 is 6.10 Å². The maximum Gasteiger partial charge on any atom is 0.162 e. The Morgan fingerprint density at radius 2 is 1.24 bits per heavy atom. The van der Waals surface area contributed by atoms with Crippen LogP contribution in [0.4, 0.5) is 0 Å². The SMILES string of the molecule is CCC(=O)c1ccc(OC[C@@H]2CN([C@H](C)[C@H](O)c3ccc(O)cc3)C[C@@H](COc3ccc(C(=O)CC)cc3)O2)cc1. The van der Waals surface area contributed by atoms with E-state index in [1.807, 2.05) is 20.8 Å². The van der Waals surface area contributed by atoms with Gasteiger partial charge in [0, 0.05) is 43.1 Å². The van der Waals surface area contributed by atoms with E-state index >= 15 is 0 Å². The smallest absolute Gasteiger partial charge is 0.162 e. The van der Waals surface area contributed by atoms with Crippen molar-refractivity contribution in [3.05, 3.63) is 89.5 Å². The zero-order valence-corrected chi connectivity index (χ0v) is 23.9. The van der Waals surface area contributed by atoms with Crippen LogP contribution in [0.5, 0.6) is 17.2 Å². The summed E-state index contributed by atoms with van der Waals surface area (Å²) in [6.45, 7) is 7.27. The van der Waals surface area contributed by atoms with Crippen LogP contribution in [-0.2, 0) is 4.74 Å². The van der Waals surface area contributed by atoms with Gasteiger partial charge in [-0.25, -0.2) is 0 Å². The van der Waals surface area contributed by atoms with Crippen LogP contribution in [0.3, 0.4) is 0 Å². The van der Waals surface area contributed by atoms with Crippen LogP contribution in [0.2, 0.25) is 0 Å². The normalized spacial score (nSPS) is 18.8. The fourth-order valence-electron chi connectivity index (χ4n) is 4.88. The highest BCUT2D eigenvalue weighted by Gasteiger charge is 2.34. The molecule has 8 nitrogen and oxygen atoms in total. The molecule has 1 fully saturated rings. The number of nitrogens with zero attached hydrogens (tertiary/aromatic N) is 1. The van der Waals surface area contributed by atoms with Crippen molar-refractivity contribution in [2.45, 2.75) is 58.0 Å². The number of benzene rings is 3. The third-order valence-corrected chi connectivity index (χ3v) is 7.40. The minimum atomic E-state index is -0.774. The molecule has 218 valence electrons. The maximum absolute atomic E-state index is 11.9. The Morgan fingerprint density at radius 3 is 1.66 bits per heavy atom. The third-order valence-electron chi connectivity index (χ3n) is 7.40. The van der Waals surface area contributed by atoms with Crippen molar-refractivity contribution in [3.8, 4) is 17.2 Å². The number of hydrogen-bond donors (Lipinski definition) is 2. The molecular formula is C33H39NO7. The molecule has 0 aliphatic carbocycles. The van der Waals surface area contributed by atoms with Crippen molar-refractivity contribution < 1.29 is 34.0 Å². The molecule has 0 spiro atoms. The summed E-state index contributed by atoms with van der Waals surface area (Å²) in [5.41, 5.74) is 2.02. The van der Waals surface area contributed by atoms with Gasteiger partial charge in [-0.1, -0.05) is 26.0 Å². The van der Waals surface area contributed by atoms with Crippen molar-refractivity contribution >= 4 is 11.6 Å². The van der Waals surface area contributed by atoms with Crippen LogP contribution in [0.1, 0.15) is 66.0 Å². The summed E-state index contributed by atoms with van der Waals surface area (Å²) < 4.78 is 18.4. The third kappa shape index (κ3) is 8.16. The van der Waals surface area contributed by atoms with Crippen LogP contribution in [0, 0.1) is 0 Å². The number of Topliss-reactive ketones (excluding diaryl/α,β-unsaturated/α-hetero) is 2. The van der Waals surface area contributed by atoms with Crippen LogP contribution in [-0.4, -0.2) is 71.2 Å². The Bertz CT molecular complexity index is 1200. The lowest BCUT2D eigenvalue weighted by atomic mass is 10.0. The van der Waals surface area contributed by atoms with E-state index in [0.717, 1.165) is 0 Å². The molecule has 41 heavy (non-hydrogen) atoms. The number of aromatic hydroxyl groups is 1. The summed E-state index contributed by atoms with van der Waals surface area (Å²) in [5, 5.41) is 20.8. The Labute approximate surface area is 241 Å². The molecule has 3 aromatic carbocycles. The number of aliphatic hydroxyl groups is 1. The molecule has 3 aromatic rings. The first kappa shape index (κ1) is 30.2. The topological polar surface area (TPSA) is 106 Å². The first-order valence-electron chi connectivity index (χ1n) is 14.2. The molecule has 1 heterocycles. The van der Waals surface area contributed by atoms with Gasteiger partial charge in [0.25, 0.3) is 0 Å². The average molecular weight is 562 g/mol. The van der Waals surface area contributed by atoms with Crippen molar-refractivity contribution in [2.24, 2.45) is 0 Å². The summed E-state index contributed by atoms with van der Waals surface area (Å²) in [5.74, 6) is 1.60. The molecule has 4 rings (SSSR count). The summed E-state index contributed by atoms with van der Waals surface area (Å²) in [6, 6.07) is 20.5.